The quantitative estimate of drug-likeness (QED) is 0.844. The van der Waals surface area contributed by atoms with E-state index in [9.17, 15) is 4.79 Å². The Morgan fingerprint density at radius 1 is 1.41 bits per heavy atom. The Labute approximate surface area is 110 Å². The van der Waals surface area contributed by atoms with Crippen LogP contribution in [-0.4, -0.2) is 5.91 Å². The van der Waals surface area contributed by atoms with E-state index in [0.717, 1.165) is 4.21 Å². The molecule has 0 bridgehead atoms. The van der Waals surface area contributed by atoms with Crippen LogP contribution in [0.3, 0.4) is 0 Å². The van der Waals surface area contributed by atoms with Crippen LogP contribution >= 0.6 is 23.3 Å². The zero-order valence-corrected chi connectivity index (χ0v) is 11.5. The van der Waals surface area contributed by atoms with Gasteiger partial charge in [0.05, 0.1) is 4.21 Å². The summed E-state index contributed by atoms with van der Waals surface area (Å²) in [4.78, 5) is 11.5. The molecule has 0 atom stereocenters. The molecule has 1 aromatic heterocycles. The van der Waals surface area contributed by atoms with Crippen LogP contribution in [0.2, 0.25) is 0 Å². The first-order valence-corrected chi connectivity index (χ1v) is 7.22. The molecule has 1 heterocycles. The fourth-order valence-electron chi connectivity index (χ4n) is 1.53. The van der Waals surface area contributed by atoms with Crippen LogP contribution in [0.4, 0.5) is 0 Å². The van der Waals surface area contributed by atoms with Crippen molar-refractivity contribution >= 4 is 39.3 Å². The number of thiophene rings is 1. The summed E-state index contributed by atoms with van der Waals surface area (Å²) >= 11 is 3.12. The van der Waals surface area contributed by atoms with Gasteiger partial charge in [0.2, 0.25) is 5.91 Å². The molecule has 0 fully saturated rings. The van der Waals surface area contributed by atoms with E-state index in [1.165, 1.54) is 22.0 Å². The van der Waals surface area contributed by atoms with Crippen molar-refractivity contribution in [1.29, 1.82) is 0 Å². The molecule has 0 unspecified atom stereocenters. The maximum atomic E-state index is 11.5. The second kappa shape index (κ2) is 5.56. The molecule has 1 N–H and O–H groups in total. The second-order valence-corrected chi connectivity index (χ2v) is 6.52. The smallest absolute Gasteiger partial charge is 0.230 e. The van der Waals surface area contributed by atoms with Crippen molar-refractivity contribution in [2.45, 2.75) is 24.5 Å². The molecular weight excluding hydrogens is 250 g/mol. The Bertz CT molecular complexity index is 486. The first kappa shape index (κ1) is 12.5. The summed E-state index contributed by atoms with van der Waals surface area (Å²) in [5.74, 6) is 0.500. The number of amides is 1. The summed E-state index contributed by atoms with van der Waals surface area (Å²) in [5.41, 5.74) is 0. The molecule has 0 saturated heterocycles. The number of carbonyl (C=O) groups excluding carboxylic acids is 1. The van der Waals surface area contributed by atoms with Crippen molar-refractivity contribution in [3.8, 4) is 0 Å². The normalized spacial score (nSPS) is 11.0. The van der Waals surface area contributed by atoms with E-state index in [0.29, 0.717) is 12.3 Å². The minimum absolute atomic E-state index is 0.0995. The molecule has 2 nitrogen and oxygen atoms in total. The van der Waals surface area contributed by atoms with Gasteiger partial charge in [0.25, 0.3) is 0 Å². The van der Waals surface area contributed by atoms with E-state index in [2.05, 4.69) is 22.9 Å². The van der Waals surface area contributed by atoms with Gasteiger partial charge in [-0.25, -0.2) is 0 Å². The number of hydrogen-bond acceptors (Lipinski definition) is 3. The van der Waals surface area contributed by atoms with Crippen molar-refractivity contribution in [3.63, 3.8) is 0 Å². The summed E-state index contributed by atoms with van der Waals surface area (Å²) < 4.78 is 5.26. The van der Waals surface area contributed by atoms with E-state index < -0.39 is 0 Å². The molecule has 0 spiro atoms. The zero-order valence-electron chi connectivity index (χ0n) is 9.90. The SMILES string of the molecule is CC(C)CC(=O)NSc1cc2ccccc2s1. The van der Waals surface area contributed by atoms with Gasteiger partial charge in [-0.2, -0.15) is 0 Å². The summed E-state index contributed by atoms with van der Waals surface area (Å²) in [6.45, 7) is 4.09. The van der Waals surface area contributed by atoms with Crippen molar-refractivity contribution in [2.75, 3.05) is 0 Å². The fraction of sp³-hybridized carbons (Fsp3) is 0.308. The number of fused-ring (bicyclic) bond motifs is 1. The average Bonchev–Trinajstić information content (AvgIpc) is 2.68. The Kier molecular flexibility index (Phi) is 4.07. The first-order chi connectivity index (χ1) is 8.15. The monoisotopic (exact) mass is 265 g/mol. The maximum absolute atomic E-state index is 11.5. The number of carbonyl (C=O) groups is 1. The minimum Gasteiger partial charge on any atom is -0.295 e. The molecule has 4 heteroatoms. The molecule has 0 aliphatic carbocycles. The molecule has 2 aromatic rings. The molecule has 0 aliphatic heterocycles. The van der Waals surface area contributed by atoms with Gasteiger partial charge >= 0.3 is 0 Å². The van der Waals surface area contributed by atoms with Gasteiger partial charge in [0.1, 0.15) is 0 Å². The Hall–Kier alpha value is -1.00. The summed E-state index contributed by atoms with van der Waals surface area (Å²) in [6.07, 6.45) is 0.581. The molecule has 90 valence electrons. The summed E-state index contributed by atoms with van der Waals surface area (Å²) in [7, 11) is 0. The molecule has 0 aliphatic rings. The van der Waals surface area contributed by atoms with E-state index in [-0.39, 0.29) is 5.91 Å². The topological polar surface area (TPSA) is 29.1 Å². The summed E-state index contributed by atoms with van der Waals surface area (Å²) in [5, 5.41) is 1.23. The molecule has 1 amide bonds. The highest BCUT2D eigenvalue weighted by Crippen LogP contribution is 2.31. The van der Waals surface area contributed by atoms with E-state index >= 15 is 0 Å². The average molecular weight is 265 g/mol. The van der Waals surface area contributed by atoms with Gasteiger partial charge in [-0.1, -0.05) is 32.0 Å². The van der Waals surface area contributed by atoms with Gasteiger partial charge in [-0.3, -0.25) is 9.52 Å². The van der Waals surface area contributed by atoms with Crippen LogP contribution in [0, 0.1) is 5.92 Å². The third-order valence-corrected chi connectivity index (χ3v) is 4.32. The Morgan fingerprint density at radius 2 is 2.18 bits per heavy atom. The van der Waals surface area contributed by atoms with Crippen molar-refractivity contribution in [1.82, 2.24) is 4.72 Å². The van der Waals surface area contributed by atoms with Gasteiger partial charge in [-0.05, 0) is 35.4 Å². The van der Waals surface area contributed by atoms with E-state index in [1.807, 2.05) is 26.0 Å². The van der Waals surface area contributed by atoms with Gasteiger partial charge in [0.15, 0.2) is 0 Å². The van der Waals surface area contributed by atoms with Crippen LogP contribution < -0.4 is 4.72 Å². The highest BCUT2D eigenvalue weighted by molar-refractivity contribution is 7.99. The molecule has 2 rings (SSSR count). The lowest BCUT2D eigenvalue weighted by molar-refractivity contribution is -0.119. The van der Waals surface area contributed by atoms with Crippen LogP contribution in [0.5, 0.6) is 0 Å². The first-order valence-electron chi connectivity index (χ1n) is 5.59. The number of nitrogens with one attached hydrogen (secondary N) is 1. The lowest BCUT2D eigenvalue weighted by Crippen LogP contribution is -2.16. The minimum atomic E-state index is 0.0995. The number of rotatable bonds is 4. The Balaban J connectivity index is 1.97. The van der Waals surface area contributed by atoms with E-state index in [4.69, 9.17) is 0 Å². The third kappa shape index (κ3) is 3.48. The van der Waals surface area contributed by atoms with Crippen molar-refractivity contribution in [2.24, 2.45) is 5.92 Å². The predicted molar refractivity (Wildman–Crippen MR) is 75.3 cm³/mol. The van der Waals surface area contributed by atoms with Gasteiger partial charge < -0.3 is 0 Å². The lowest BCUT2D eigenvalue weighted by Gasteiger charge is -2.04. The molecular formula is C13H15NOS2. The van der Waals surface area contributed by atoms with Crippen LogP contribution in [0.25, 0.3) is 10.1 Å². The zero-order chi connectivity index (χ0) is 12.3. The number of hydrogen-bond donors (Lipinski definition) is 1. The predicted octanol–water partition coefficient (Wildman–Crippen LogP) is 4.07. The maximum Gasteiger partial charge on any atom is 0.230 e. The third-order valence-electron chi connectivity index (χ3n) is 2.26. The molecule has 0 radical (unpaired) electrons. The largest absolute Gasteiger partial charge is 0.295 e. The number of benzene rings is 1. The van der Waals surface area contributed by atoms with Gasteiger partial charge in [0, 0.05) is 11.1 Å². The molecule has 1 aromatic carbocycles. The van der Waals surface area contributed by atoms with Crippen LogP contribution in [-0.2, 0) is 4.79 Å². The summed E-state index contributed by atoms with van der Waals surface area (Å²) in [6, 6.07) is 10.4. The van der Waals surface area contributed by atoms with Crippen molar-refractivity contribution in [3.05, 3.63) is 30.3 Å². The fourth-order valence-corrected chi connectivity index (χ4v) is 3.37. The highest BCUT2D eigenvalue weighted by Gasteiger charge is 2.06. The lowest BCUT2D eigenvalue weighted by atomic mass is 10.1. The van der Waals surface area contributed by atoms with E-state index in [1.54, 1.807) is 11.3 Å². The Morgan fingerprint density at radius 3 is 2.88 bits per heavy atom. The van der Waals surface area contributed by atoms with Crippen LogP contribution in [0.15, 0.2) is 34.5 Å². The standard InChI is InChI=1S/C13H15NOS2/c1-9(2)7-12(15)14-17-13-8-10-5-3-4-6-11(10)16-13/h3-6,8-9H,7H2,1-2H3,(H,14,15). The molecule has 0 saturated carbocycles. The van der Waals surface area contributed by atoms with Gasteiger partial charge in [-0.15, -0.1) is 11.3 Å². The van der Waals surface area contributed by atoms with Crippen molar-refractivity contribution < 1.29 is 4.79 Å². The highest BCUT2D eigenvalue weighted by atomic mass is 32.2. The second-order valence-electron chi connectivity index (χ2n) is 4.33. The van der Waals surface area contributed by atoms with Crippen LogP contribution in [0.1, 0.15) is 20.3 Å². The molecule has 17 heavy (non-hydrogen) atoms.